The SMILES string of the molecule is CC(CBr)C(C)NCCC(C)(C)C. The Morgan fingerprint density at radius 3 is 2.15 bits per heavy atom. The van der Waals surface area contributed by atoms with Gasteiger partial charge in [-0.2, -0.15) is 0 Å². The van der Waals surface area contributed by atoms with E-state index in [1.165, 1.54) is 6.42 Å². The molecular formula is C11H24BrN. The molecule has 0 fully saturated rings. The Hall–Kier alpha value is 0.440. The molecule has 0 saturated carbocycles. The first-order valence-electron chi connectivity index (χ1n) is 5.16. The van der Waals surface area contributed by atoms with E-state index >= 15 is 0 Å². The zero-order valence-corrected chi connectivity index (χ0v) is 11.2. The summed E-state index contributed by atoms with van der Waals surface area (Å²) in [5, 5.41) is 4.64. The van der Waals surface area contributed by atoms with Gasteiger partial charge in [0.15, 0.2) is 0 Å². The lowest BCUT2D eigenvalue weighted by atomic mass is 9.92. The Kier molecular flexibility index (Phi) is 6.23. The van der Waals surface area contributed by atoms with Gasteiger partial charge in [-0.15, -0.1) is 0 Å². The first kappa shape index (κ1) is 13.4. The van der Waals surface area contributed by atoms with Crippen LogP contribution in [0.3, 0.4) is 0 Å². The summed E-state index contributed by atoms with van der Waals surface area (Å²) in [7, 11) is 0. The third-order valence-electron chi connectivity index (χ3n) is 2.44. The number of hydrogen-bond donors (Lipinski definition) is 1. The summed E-state index contributed by atoms with van der Waals surface area (Å²) in [6.07, 6.45) is 1.24. The van der Waals surface area contributed by atoms with Crippen LogP contribution in [0.25, 0.3) is 0 Å². The monoisotopic (exact) mass is 249 g/mol. The molecule has 1 N–H and O–H groups in total. The summed E-state index contributed by atoms with van der Waals surface area (Å²) in [4.78, 5) is 0. The molecule has 0 aliphatic carbocycles. The maximum absolute atomic E-state index is 3.56. The summed E-state index contributed by atoms with van der Waals surface area (Å²) in [6, 6.07) is 0.613. The van der Waals surface area contributed by atoms with Crippen molar-refractivity contribution in [1.82, 2.24) is 5.32 Å². The smallest absolute Gasteiger partial charge is 0.00723 e. The van der Waals surface area contributed by atoms with Crippen molar-refractivity contribution in [2.24, 2.45) is 11.3 Å². The van der Waals surface area contributed by atoms with Crippen molar-refractivity contribution in [2.75, 3.05) is 11.9 Å². The Labute approximate surface area is 91.8 Å². The van der Waals surface area contributed by atoms with E-state index in [-0.39, 0.29) is 0 Å². The standard InChI is InChI=1S/C11H24BrN/c1-9(8-12)10(2)13-7-6-11(3,4)5/h9-10,13H,6-8H2,1-5H3. The number of nitrogens with one attached hydrogen (secondary N) is 1. The van der Waals surface area contributed by atoms with E-state index in [1.54, 1.807) is 0 Å². The fourth-order valence-corrected chi connectivity index (χ4v) is 1.57. The molecule has 0 spiro atoms. The molecule has 0 aliphatic rings. The van der Waals surface area contributed by atoms with Gasteiger partial charge in [-0.25, -0.2) is 0 Å². The van der Waals surface area contributed by atoms with Crippen LogP contribution in [0.15, 0.2) is 0 Å². The van der Waals surface area contributed by atoms with Crippen LogP contribution < -0.4 is 5.32 Å². The second-order valence-corrected chi connectivity index (χ2v) is 5.83. The Morgan fingerprint density at radius 2 is 1.77 bits per heavy atom. The van der Waals surface area contributed by atoms with Crippen LogP contribution in [0.2, 0.25) is 0 Å². The summed E-state index contributed by atoms with van der Waals surface area (Å²) in [6.45, 7) is 12.5. The second kappa shape index (κ2) is 6.02. The highest BCUT2D eigenvalue weighted by Crippen LogP contribution is 2.17. The first-order chi connectivity index (χ1) is 5.87. The predicted octanol–water partition coefficient (Wildman–Crippen LogP) is 3.43. The van der Waals surface area contributed by atoms with Gasteiger partial charge in [0.05, 0.1) is 0 Å². The maximum Gasteiger partial charge on any atom is 0.00723 e. The Morgan fingerprint density at radius 1 is 1.23 bits per heavy atom. The normalized spacial score (nSPS) is 17.1. The predicted molar refractivity (Wildman–Crippen MR) is 64.5 cm³/mol. The molecule has 80 valence electrons. The molecule has 2 unspecified atom stereocenters. The number of rotatable bonds is 5. The number of halogens is 1. The molecule has 2 atom stereocenters. The molecule has 0 saturated heterocycles. The highest BCUT2D eigenvalue weighted by Gasteiger charge is 2.13. The molecule has 0 rings (SSSR count). The average Bonchev–Trinajstić information content (AvgIpc) is 2.00. The lowest BCUT2D eigenvalue weighted by molar-refractivity contribution is 0.340. The highest BCUT2D eigenvalue weighted by molar-refractivity contribution is 9.09. The van der Waals surface area contributed by atoms with Gasteiger partial charge in [-0.3, -0.25) is 0 Å². The lowest BCUT2D eigenvalue weighted by Crippen LogP contribution is -2.34. The second-order valence-electron chi connectivity index (χ2n) is 5.19. The van der Waals surface area contributed by atoms with Gasteiger partial charge in [0.25, 0.3) is 0 Å². The van der Waals surface area contributed by atoms with E-state index in [1.807, 2.05) is 0 Å². The molecule has 0 heterocycles. The van der Waals surface area contributed by atoms with Crippen LogP contribution in [0.1, 0.15) is 41.0 Å². The summed E-state index contributed by atoms with van der Waals surface area (Å²) < 4.78 is 0. The summed E-state index contributed by atoms with van der Waals surface area (Å²) in [5.74, 6) is 0.708. The zero-order chi connectivity index (χ0) is 10.5. The highest BCUT2D eigenvalue weighted by atomic mass is 79.9. The van der Waals surface area contributed by atoms with Gasteiger partial charge in [0.1, 0.15) is 0 Å². The van der Waals surface area contributed by atoms with Crippen LogP contribution in [-0.2, 0) is 0 Å². The van der Waals surface area contributed by atoms with Crippen molar-refractivity contribution < 1.29 is 0 Å². The summed E-state index contributed by atoms with van der Waals surface area (Å²) >= 11 is 3.51. The van der Waals surface area contributed by atoms with Gasteiger partial charge < -0.3 is 5.32 Å². The number of hydrogen-bond acceptors (Lipinski definition) is 1. The lowest BCUT2D eigenvalue weighted by Gasteiger charge is -2.23. The molecule has 0 amide bonds. The topological polar surface area (TPSA) is 12.0 Å². The molecular weight excluding hydrogens is 226 g/mol. The van der Waals surface area contributed by atoms with E-state index in [0.717, 1.165) is 11.9 Å². The van der Waals surface area contributed by atoms with E-state index in [4.69, 9.17) is 0 Å². The van der Waals surface area contributed by atoms with Crippen LogP contribution in [-0.4, -0.2) is 17.9 Å². The Bertz CT molecular complexity index is 129. The van der Waals surface area contributed by atoms with E-state index in [2.05, 4.69) is 55.9 Å². The summed E-state index contributed by atoms with van der Waals surface area (Å²) in [5.41, 5.74) is 0.449. The van der Waals surface area contributed by atoms with Crippen molar-refractivity contribution in [3.8, 4) is 0 Å². The first-order valence-corrected chi connectivity index (χ1v) is 6.28. The van der Waals surface area contributed by atoms with Crippen molar-refractivity contribution >= 4 is 15.9 Å². The largest absolute Gasteiger partial charge is 0.314 e. The maximum atomic E-state index is 3.56. The fourth-order valence-electron chi connectivity index (χ4n) is 1.01. The number of alkyl halides is 1. The molecule has 0 bridgehead atoms. The van der Waals surface area contributed by atoms with Gasteiger partial charge in [0, 0.05) is 11.4 Å². The van der Waals surface area contributed by atoms with Crippen LogP contribution in [0.5, 0.6) is 0 Å². The molecule has 1 nitrogen and oxygen atoms in total. The van der Waals surface area contributed by atoms with E-state index < -0.39 is 0 Å². The van der Waals surface area contributed by atoms with Gasteiger partial charge in [0.2, 0.25) is 0 Å². The van der Waals surface area contributed by atoms with Gasteiger partial charge in [-0.1, -0.05) is 43.6 Å². The van der Waals surface area contributed by atoms with Gasteiger partial charge >= 0.3 is 0 Å². The van der Waals surface area contributed by atoms with Crippen molar-refractivity contribution in [2.45, 2.75) is 47.1 Å². The van der Waals surface area contributed by atoms with Crippen molar-refractivity contribution in [3.63, 3.8) is 0 Å². The van der Waals surface area contributed by atoms with Crippen LogP contribution in [0.4, 0.5) is 0 Å². The molecule has 0 radical (unpaired) electrons. The van der Waals surface area contributed by atoms with Crippen LogP contribution >= 0.6 is 15.9 Å². The zero-order valence-electron chi connectivity index (χ0n) is 9.65. The minimum absolute atomic E-state index is 0.449. The molecule has 0 aromatic carbocycles. The minimum Gasteiger partial charge on any atom is -0.314 e. The van der Waals surface area contributed by atoms with E-state index in [0.29, 0.717) is 17.4 Å². The molecule has 13 heavy (non-hydrogen) atoms. The quantitative estimate of drug-likeness (QED) is 0.737. The molecule has 0 aliphatic heterocycles. The van der Waals surface area contributed by atoms with Crippen molar-refractivity contribution in [3.05, 3.63) is 0 Å². The average molecular weight is 250 g/mol. The Balaban J connectivity index is 3.53. The van der Waals surface area contributed by atoms with Crippen LogP contribution in [0, 0.1) is 11.3 Å². The molecule has 0 aromatic heterocycles. The molecule has 0 aromatic rings. The molecule has 2 heteroatoms. The van der Waals surface area contributed by atoms with Gasteiger partial charge in [-0.05, 0) is 31.2 Å². The van der Waals surface area contributed by atoms with E-state index in [9.17, 15) is 0 Å². The third kappa shape index (κ3) is 7.51. The fraction of sp³-hybridized carbons (Fsp3) is 1.00. The third-order valence-corrected chi connectivity index (χ3v) is 3.46. The van der Waals surface area contributed by atoms with Crippen molar-refractivity contribution in [1.29, 1.82) is 0 Å². The minimum atomic E-state index is 0.449.